The van der Waals surface area contributed by atoms with Crippen molar-refractivity contribution < 1.29 is 34.1 Å². The van der Waals surface area contributed by atoms with Crippen LogP contribution in [0.1, 0.15) is 108 Å². The number of carbonyl (C=O) groups is 4. The van der Waals surface area contributed by atoms with Crippen LogP contribution in [0, 0.1) is 0 Å². The van der Waals surface area contributed by atoms with Crippen molar-refractivity contribution in [1.82, 2.24) is 20.2 Å². The molecule has 3 aromatic carbocycles. The van der Waals surface area contributed by atoms with Gasteiger partial charge in [-0.2, -0.15) is 0 Å². The number of carbonyl (C=O) groups excluding carboxylic acids is 2. The second-order valence-electron chi connectivity index (χ2n) is 16.2. The molecule has 3 N–H and O–H groups in total. The van der Waals surface area contributed by atoms with E-state index in [0.29, 0.717) is 23.6 Å². The summed E-state index contributed by atoms with van der Waals surface area (Å²) in [4.78, 5) is 62.3. The molecule has 298 valence electrons. The second kappa shape index (κ2) is 19.3. The fourth-order valence-electron chi connectivity index (χ4n) is 6.43. The van der Waals surface area contributed by atoms with Crippen molar-refractivity contribution in [3.63, 3.8) is 0 Å². The SMILES string of the molecule is CCCCCCCOc1ccc(-c2cnc(-c3ccc(C[C@H](NC(=O)c4ccc(C(C)(C)C)cc4)C(=O)N([C@@H](CC(=O)O)C(=O)O)C(C)(C)C)cc3)nc2)cc1. The Morgan fingerprint density at radius 3 is 1.88 bits per heavy atom. The van der Waals surface area contributed by atoms with Gasteiger partial charge < -0.3 is 25.2 Å². The quantitative estimate of drug-likeness (QED) is 0.0847. The van der Waals surface area contributed by atoms with E-state index in [9.17, 15) is 29.4 Å². The first-order valence-electron chi connectivity index (χ1n) is 19.3. The molecule has 56 heavy (non-hydrogen) atoms. The summed E-state index contributed by atoms with van der Waals surface area (Å²) in [6, 6.07) is 19.3. The minimum atomic E-state index is -1.66. The number of nitrogens with zero attached hydrogens (tertiary/aromatic N) is 3. The number of unbranched alkanes of at least 4 members (excludes halogenated alkanes) is 4. The molecule has 0 aliphatic heterocycles. The van der Waals surface area contributed by atoms with Gasteiger partial charge in [0.15, 0.2) is 5.82 Å². The fourth-order valence-corrected chi connectivity index (χ4v) is 6.43. The van der Waals surface area contributed by atoms with E-state index in [2.05, 4.69) is 43.0 Å². The molecule has 0 aliphatic carbocycles. The van der Waals surface area contributed by atoms with Gasteiger partial charge in [0, 0.05) is 41.0 Å². The zero-order valence-corrected chi connectivity index (χ0v) is 33.7. The number of carboxylic acids is 2. The molecule has 4 aromatic rings. The van der Waals surface area contributed by atoms with Gasteiger partial charge in [-0.1, -0.05) is 102 Å². The standard InChI is InChI=1S/C45H56N4O7/c1-8-9-10-11-12-25-56-36-23-19-31(20-24-36)34-28-46-40(47-29-34)32-15-13-30(14-16-32)26-37(48-41(52)33-17-21-35(22-18-33)44(2,3)4)42(53)49(45(5,6)7)38(43(54)55)27-39(50)51/h13-24,28-29,37-38H,8-12,25-27H2,1-7H3,(H,48,52)(H,50,51)(H,54,55)/t37-,38-/m0/s1. The van der Waals surface area contributed by atoms with E-state index in [1.54, 1.807) is 57.4 Å². The van der Waals surface area contributed by atoms with Crippen molar-refractivity contribution in [3.8, 4) is 28.3 Å². The Balaban J connectivity index is 1.53. The minimum Gasteiger partial charge on any atom is -0.494 e. The van der Waals surface area contributed by atoms with Crippen LogP contribution < -0.4 is 10.1 Å². The van der Waals surface area contributed by atoms with Crippen molar-refractivity contribution in [2.24, 2.45) is 0 Å². The Labute approximate surface area is 330 Å². The van der Waals surface area contributed by atoms with Crippen LogP contribution in [0.15, 0.2) is 85.2 Å². The molecule has 0 spiro atoms. The largest absolute Gasteiger partial charge is 0.494 e. The predicted octanol–water partition coefficient (Wildman–Crippen LogP) is 8.35. The van der Waals surface area contributed by atoms with E-state index in [1.165, 1.54) is 25.7 Å². The van der Waals surface area contributed by atoms with E-state index in [-0.39, 0.29) is 11.8 Å². The van der Waals surface area contributed by atoms with Gasteiger partial charge in [0.2, 0.25) is 5.91 Å². The first kappa shape index (κ1) is 43.2. The van der Waals surface area contributed by atoms with Crippen LogP contribution in [0.2, 0.25) is 0 Å². The third-order valence-corrected chi connectivity index (χ3v) is 9.55. The van der Waals surface area contributed by atoms with Crippen molar-refractivity contribution in [2.75, 3.05) is 6.61 Å². The van der Waals surface area contributed by atoms with Crippen LogP contribution in [-0.4, -0.2) is 73.1 Å². The smallest absolute Gasteiger partial charge is 0.327 e. The number of hydrogen-bond acceptors (Lipinski definition) is 7. The van der Waals surface area contributed by atoms with Gasteiger partial charge in [-0.15, -0.1) is 0 Å². The van der Waals surface area contributed by atoms with Gasteiger partial charge in [-0.05, 0) is 73.6 Å². The summed E-state index contributed by atoms with van der Waals surface area (Å²) in [7, 11) is 0. The molecular formula is C45H56N4O7. The molecule has 11 nitrogen and oxygen atoms in total. The molecular weight excluding hydrogens is 709 g/mol. The Hall–Kier alpha value is -5.58. The average molecular weight is 765 g/mol. The third kappa shape index (κ3) is 12.2. The number of benzene rings is 3. The van der Waals surface area contributed by atoms with E-state index in [4.69, 9.17) is 4.74 Å². The summed E-state index contributed by atoms with van der Waals surface area (Å²) in [6.45, 7) is 14.0. The molecule has 11 heteroatoms. The first-order chi connectivity index (χ1) is 26.5. The molecule has 2 amide bonds. The molecule has 2 atom stereocenters. The molecule has 1 heterocycles. The maximum atomic E-state index is 14.3. The van der Waals surface area contributed by atoms with Crippen LogP contribution in [-0.2, 0) is 26.2 Å². The maximum Gasteiger partial charge on any atom is 0.327 e. The molecule has 0 aliphatic rings. The topological polar surface area (TPSA) is 159 Å². The number of carboxylic acid groups (broad SMARTS) is 2. The summed E-state index contributed by atoms with van der Waals surface area (Å²) < 4.78 is 5.90. The van der Waals surface area contributed by atoms with Crippen molar-refractivity contribution in [2.45, 2.75) is 116 Å². The molecule has 0 saturated heterocycles. The highest BCUT2D eigenvalue weighted by atomic mass is 16.5. The van der Waals surface area contributed by atoms with Gasteiger partial charge in [0.05, 0.1) is 13.0 Å². The van der Waals surface area contributed by atoms with Crippen molar-refractivity contribution in [3.05, 3.63) is 102 Å². The number of amides is 2. The Morgan fingerprint density at radius 2 is 1.34 bits per heavy atom. The minimum absolute atomic E-state index is 0.00921. The van der Waals surface area contributed by atoms with Gasteiger partial charge in [0.25, 0.3) is 5.91 Å². The van der Waals surface area contributed by atoms with E-state index in [0.717, 1.165) is 39.3 Å². The number of nitrogens with one attached hydrogen (secondary N) is 1. The van der Waals surface area contributed by atoms with Crippen LogP contribution in [0.5, 0.6) is 5.75 Å². The normalized spacial score (nSPS) is 12.7. The van der Waals surface area contributed by atoms with Crippen LogP contribution in [0.3, 0.4) is 0 Å². The number of ether oxygens (including phenoxy) is 1. The lowest BCUT2D eigenvalue weighted by atomic mass is 9.86. The van der Waals surface area contributed by atoms with E-state index >= 15 is 0 Å². The number of aliphatic carboxylic acids is 2. The lowest BCUT2D eigenvalue weighted by molar-refractivity contribution is -0.159. The van der Waals surface area contributed by atoms with Crippen LogP contribution >= 0.6 is 0 Å². The van der Waals surface area contributed by atoms with Gasteiger partial charge in [-0.25, -0.2) is 14.8 Å². The Kier molecular flexibility index (Phi) is 14.9. The monoisotopic (exact) mass is 764 g/mol. The maximum absolute atomic E-state index is 14.3. The lowest BCUT2D eigenvalue weighted by Crippen LogP contribution is -2.61. The van der Waals surface area contributed by atoms with Crippen molar-refractivity contribution in [1.29, 1.82) is 0 Å². The number of aromatic nitrogens is 2. The molecule has 0 radical (unpaired) electrons. The Morgan fingerprint density at radius 1 is 0.750 bits per heavy atom. The fraction of sp³-hybridized carbons (Fsp3) is 0.422. The molecule has 0 saturated carbocycles. The van der Waals surface area contributed by atoms with E-state index < -0.39 is 47.8 Å². The summed E-state index contributed by atoms with van der Waals surface area (Å²) in [5.41, 5.74) is 3.35. The number of hydrogen-bond donors (Lipinski definition) is 3. The highest BCUT2D eigenvalue weighted by Gasteiger charge is 2.42. The first-order valence-corrected chi connectivity index (χ1v) is 19.3. The highest BCUT2D eigenvalue weighted by molar-refractivity contribution is 5.98. The van der Waals surface area contributed by atoms with Gasteiger partial charge >= 0.3 is 11.9 Å². The summed E-state index contributed by atoms with van der Waals surface area (Å²) >= 11 is 0. The van der Waals surface area contributed by atoms with E-state index in [1.807, 2.05) is 48.5 Å². The molecule has 4 rings (SSSR count). The molecule has 0 unspecified atom stereocenters. The highest BCUT2D eigenvalue weighted by Crippen LogP contribution is 2.26. The summed E-state index contributed by atoms with van der Waals surface area (Å²) in [5, 5.41) is 22.4. The Bertz CT molecular complexity index is 1910. The summed E-state index contributed by atoms with van der Waals surface area (Å²) in [5.74, 6) is -2.73. The summed E-state index contributed by atoms with van der Waals surface area (Å²) in [6.07, 6.45) is 8.64. The zero-order chi connectivity index (χ0) is 41.0. The molecule has 0 bridgehead atoms. The average Bonchev–Trinajstić information content (AvgIpc) is 3.15. The number of rotatable bonds is 18. The van der Waals surface area contributed by atoms with Crippen LogP contribution in [0.4, 0.5) is 0 Å². The lowest BCUT2D eigenvalue weighted by Gasteiger charge is -2.41. The third-order valence-electron chi connectivity index (χ3n) is 9.55. The van der Waals surface area contributed by atoms with Gasteiger partial charge in [0.1, 0.15) is 17.8 Å². The second-order valence-corrected chi connectivity index (χ2v) is 16.2. The predicted molar refractivity (Wildman–Crippen MR) is 218 cm³/mol. The van der Waals surface area contributed by atoms with Crippen molar-refractivity contribution >= 4 is 23.8 Å². The van der Waals surface area contributed by atoms with Gasteiger partial charge in [-0.3, -0.25) is 14.4 Å². The zero-order valence-electron chi connectivity index (χ0n) is 33.7. The molecule has 1 aromatic heterocycles. The molecule has 0 fully saturated rings. The van der Waals surface area contributed by atoms with Crippen LogP contribution in [0.25, 0.3) is 22.5 Å².